The van der Waals surface area contributed by atoms with Crippen molar-refractivity contribution < 1.29 is 9.53 Å². The molecule has 1 amide bonds. The first-order chi connectivity index (χ1) is 9.71. The smallest absolute Gasteiger partial charge is 0.222 e. The van der Waals surface area contributed by atoms with Crippen LogP contribution in [0.3, 0.4) is 0 Å². The first-order valence-corrected chi connectivity index (χ1v) is 9.26. The Kier molecular flexibility index (Phi) is 4.33. The van der Waals surface area contributed by atoms with Gasteiger partial charge in [0, 0.05) is 36.1 Å². The van der Waals surface area contributed by atoms with Gasteiger partial charge in [0.05, 0.1) is 18.8 Å². The van der Waals surface area contributed by atoms with Crippen LogP contribution in [-0.2, 0) is 21.8 Å². The fourth-order valence-electron chi connectivity index (χ4n) is 3.02. The highest BCUT2D eigenvalue weighted by Gasteiger charge is 2.41. The SMILES string of the molecule is CSCc1nc(CN2C[C@]3(CCOC3)CCC2=O)cs1. The molecule has 2 fully saturated rings. The topological polar surface area (TPSA) is 42.4 Å². The van der Waals surface area contributed by atoms with Crippen LogP contribution in [0, 0.1) is 5.41 Å². The molecule has 1 atom stereocenters. The van der Waals surface area contributed by atoms with E-state index < -0.39 is 0 Å². The van der Waals surface area contributed by atoms with E-state index in [4.69, 9.17) is 4.74 Å². The summed E-state index contributed by atoms with van der Waals surface area (Å²) in [7, 11) is 0. The van der Waals surface area contributed by atoms with Crippen molar-refractivity contribution in [3.8, 4) is 0 Å². The van der Waals surface area contributed by atoms with E-state index >= 15 is 0 Å². The zero-order chi connectivity index (χ0) is 14.0. The Morgan fingerprint density at radius 1 is 1.55 bits per heavy atom. The van der Waals surface area contributed by atoms with Crippen molar-refractivity contribution in [2.75, 3.05) is 26.0 Å². The Balaban J connectivity index is 1.66. The third-order valence-corrected chi connectivity index (χ3v) is 5.80. The Hall–Kier alpha value is -0.590. The van der Waals surface area contributed by atoms with Crippen molar-refractivity contribution in [2.24, 2.45) is 5.41 Å². The van der Waals surface area contributed by atoms with Crippen LogP contribution in [0.1, 0.15) is 30.0 Å². The maximum absolute atomic E-state index is 12.1. The number of amides is 1. The first kappa shape index (κ1) is 14.4. The summed E-state index contributed by atoms with van der Waals surface area (Å²) in [6.07, 6.45) is 4.81. The van der Waals surface area contributed by atoms with Crippen molar-refractivity contribution >= 4 is 29.0 Å². The molecular weight excluding hydrogens is 292 g/mol. The second kappa shape index (κ2) is 6.03. The molecule has 20 heavy (non-hydrogen) atoms. The van der Waals surface area contributed by atoms with Gasteiger partial charge in [-0.3, -0.25) is 4.79 Å². The van der Waals surface area contributed by atoms with Crippen LogP contribution in [0.5, 0.6) is 0 Å². The van der Waals surface area contributed by atoms with Crippen molar-refractivity contribution in [1.29, 1.82) is 0 Å². The Bertz CT molecular complexity index is 483. The summed E-state index contributed by atoms with van der Waals surface area (Å²) in [5, 5.41) is 3.24. The summed E-state index contributed by atoms with van der Waals surface area (Å²) in [5.41, 5.74) is 1.25. The maximum atomic E-state index is 12.1. The van der Waals surface area contributed by atoms with E-state index in [-0.39, 0.29) is 11.3 Å². The minimum atomic E-state index is 0.214. The molecule has 0 radical (unpaired) electrons. The molecule has 0 aromatic carbocycles. The summed E-state index contributed by atoms with van der Waals surface area (Å²) in [6.45, 7) is 3.15. The Morgan fingerprint density at radius 2 is 2.45 bits per heavy atom. The van der Waals surface area contributed by atoms with Crippen molar-refractivity contribution in [1.82, 2.24) is 9.88 Å². The lowest BCUT2D eigenvalue weighted by Gasteiger charge is -2.38. The predicted octanol–water partition coefficient (Wildman–Crippen LogP) is 2.54. The minimum Gasteiger partial charge on any atom is -0.381 e. The summed E-state index contributed by atoms with van der Waals surface area (Å²) < 4.78 is 5.55. The van der Waals surface area contributed by atoms with Crippen LogP contribution in [0.4, 0.5) is 0 Å². The number of thiazole rings is 1. The van der Waals surface area contributed by atoms with Crippen LogP contribution in [0.15, 0.2) is 5.38 Å². The minimum absolute atomic E-state index is 0.214. The van der Waals surface area contributed by atoms with Crippen molar-refractivity contribution in [2.45, 2.75) is 31.6 Å². The number of carbonyl (C=O) groups is 1. The molecule has 110 valence electrons. The Labute approximate surface area is 127 Å². The van der Waals surface area contributed by atoms with Gasteiger partial charge in [0.2, 0.25) is 5.91 Å². The van der Waals surface area contributed by atoms with Crippen LogP contribution in [0.25, 0.3) is 0 Å². The van der Waals surface area contributed by atoms with E-state index in [1.165, 1.54) is 0 Å². The van der Waals surface area contributed by atoms with Gasteiger partial charge < -0.3 is 9.64 Å². The fraction of sp³-hybridized carbons (Fsp3) is 0.714. The average molecular weight is 312 g/mol. The lowest BCUT2D eigenvalue weighted by Crippen LogP contribution is -2.46. The van der Waals surface area contributed by atoms with Crippen LogP contribution >= 0.6 is 23.1 Å². The number of aromatic nitrogens is 1. The molecule has 0 saturated carbocycles. The highest BCUT2D eigenvalue weighted by molar-refractivity contribution is 7.97. The number of ether oxygens (including phenoxy) is 1. The molecule has 6 heteroatoms. The molecule has 0 unspecified atom stereocenters. The number of likely N-dealkylation sites (tertiary alicyclic amines) is 1. The van der Waals surface area contributed by atoms with Gasteiger partial charge >= 0.3 is 0 Å². The van der Waals surface area contributed by atoms with Crippen molar-refractivity contribution in [3.05, 3.63) is 16.1 Å². The predicted molar refractivity (Wildman–Crippen MR) is 81.9 cm³/mol. The molecule has 2 aliphatic rings. The fourth-order valence-corrected chi connectivity index (χ4v) is 4.53. The molecule has 2 aliphatic heterocycles. The van der Waals surface area contributed by atoms with E-state index in [0.29, 0.717) is 13.0 Å². The summed E-state index contributed by atoms with van der Waals surface area (Å²) in [4.78, 5) is 18.7. The lowest BCUT2D eigenvalue weighted by molar-refractivity contribution is -0.138. The highest BCUT2D eigenvalue weighted by Crippen LogP contribution is 2.38. The second-order valence-electron chi connectivity index (χ2n) is 5.72. The van der Waals surface area contributed by atoms with E-state index in [0.717, 1.165) is 49.1 Å². The highest BCUT2D eigenvalue weighted by atomic mass is 32.2. The van der Waals surface area contributed by atoms with Gasteiger partial charge in [-0.15, -0.1) is 11.3 Å². The van der Waals surface area contributed by atoms with Crippen LogP contribution in [-0.4, -0.2) is 41.8 Å². The molecule has 3 rings (SSSR count). The normalized spacial score (nSPS) is 26.6. The number of hydrogen-bond acceptors (Lipinski definition) is 5. The van der Waals surface area contributed by atoms with Crippen LogP contribution in [0.2, 0.25) is 0 Å². The van der Waals surface area contributed by atoms with Gasteiger partial charge in [0.1, 0.15) is 5.01 Å². The number of carbonyl (C=O) groups excluding carboxylic acids is 1. The van der Waals surface area contributed by atoms with E-state index in [2.05, 4.69) is 16.6 Å². The molecule has 0 N–H and O–H groups in total. The zero-order valence-electron chi connectivity index (χ0n) is 11.8. The van der Waals surface area contributed by atoms with Gasteiger partial charge in [-0.25, -0.2) is 4.98 Å². The molecule has 1 spiro atoms. The first-order valence-electron chi connectivity index (χ1n) is 6.99. The monoisotopic (exact) mass is 312 g/mol. The van der Waals surface area contributed by atoms with E-state index in [9.17, 15) is 4.79 Å². The number of nitrogens with zero attached hydrogens (tertiary/aromatic N) is 2. The second-order valence-corrected chi connectivity index (χ2v) is 7.53. The number of thioether (sulfide) groups is 1. The van der Waals surface area contributed by atoms with Crippen molar-refractivity contribution in [3.63, 3.8) is 0 Å². The van der Waals surface area contributed by atoms with Gasteiger partial charge in [-0.2, -0.15) is 11.8 Å². The molecule has 2 saturated heterocycles. The molecule has 4 nitrogen and oxygen atoms in total. The van der Waals surface area contributed by atoms with Gasteiger partial charge in [-0.1, -0.05) is 0 Å². The molecule has 0 bridgehead atoms. The molecular formula is C14H20N2O2S2. The van der Waals surface area contributed by atoms with Gasteiger partial charge in [0.25, 0.3) is 0 Å². The molecule has 0 aliphatic carbocycles. The summed E-state index contributed by atoms with van der Waals surface area (Å²) in [5.74, 6) is 1.22. The van der Waals surface area contributed by atoms with E-state index in [1.54, 1.807) is 23.1 Å². The maximum Gasteiger partial charge on any atom is 0.222 e. The Morgan fingerprint density at radius 3 is 3.20 bits per heavy atom. The zero-order valence-corrected chi connectivity index (χ0v) is 13.4. The third kappa shape index (κ3) is 3.02. The number of rotatable bonds is 4. The number of piperidine rings is 1. The summed E-state index contributed by atoms with van der Waals surface area (Å²) >= 11 is 3.47. The quantitative estimate of drug-likeness (QED) is 0.857. The van der Waals surface area contributed by atoms with Gasteiger partial charge in [-0.05, 0) is 19.1 Å². The lowest BCUT2D eigenvalue weighted by atomic mass is 9.79. The van der Waals surface area contributed by atoms with Gasteiger partial charge in [0.15, 0.2) is 0 Å². The van der Waals surface area contributed by atoms with E-state index in [1.807, 2.05) is 4.90 Å². The molecule has 1 aromatic heterocycles. The molecule has 1 aromatic rings. The largest absolute Gasteiger partial charge is 0.381 e. The average Bonchev–Trinajstić information content (AvgIpc) is 3.05. The number of hydrogen-bond donors (Lipinski definition) is 0. The molecule has 3 heterocycles. The third-order valence-electron chi connectivity index (χ3n) is 4.15. The van der Waals surface area contributed by atoms with Crippen LogP contribution < -0.4 is 0 Å². The standard InChI is InChI=1S/C14H20N2O2S2/c1-19-8-12-15-11(7-20-12)6-16-9-14(3-2-13(16)17)4-5-18-10-14/h7H,2-6,8-10H2,1H3/t14-/m1/s1. The summed E-state index contributed by atoms with van der Waals surface area (Å²) in [6, 6.07) is 0.